The Morgan fingerprint density at radius 2 is 1.07 bits per heavy atom. The van der Waals surface area contributed by atoms with Gasteiger partial charge in [0.15, 0.2) is 0 Å². The van der Waals surface area contributed by atoms with E-state index in [1.54, 1.807) is 7.11 Å². The molecule has 0 aliphatic carbocycles. The predicted molar refractivity (Wildman–Crippen MR) is 235 cm³/mol. The number of esters is 1. The Morgan fingerprint density at radius 3 is 1.47 bits per heavy atom. The summed E-state index contributed by atoms with van der Waals surface area (Å²) in [5, 5.41) is 37.7. The van der Waals surface area contributed by atoms with Gasteiger partial charge in [-0.1, -0.05) is 63.4 Å². The van der Waals surface area contributed by atoms with Crippen LogP contribution in [0, 0.1) is 0 Å². The second-order valence-electron chi connectivity index (χ2n) is 13.8. The van der Waals surface area contributed by atoms with Gasteiger partial charge in [-0.15, -0.1) is 0 Å². The summed E-state index contributed by atoms with van der Waals surface area (Å²) < 4.78 is 15.1. The van der Waals surface area contributed by atoms with Gasteiger partial charge in [-0.25, -0.2) is 0 Å². The zero-order valence-electron chi connectivity index (χ0n) is 34.1. The number of aliphatic carboxylic acids is 3. The van der Waals surface area contributed by atoms with Gasteiger partial charge in [0.1, 0.15) is 30.8 Å². The number of hydrogen-bond donors (Lipinski definition) is 7. The molecule has 2 rings (SSSR count). The number of nitrogens with one attached hydrogen (secondary N) is 4. The fraction of sp³-hybridized carbons (Fsp3) is 0.789. The molecule has 7 N–H and O–H groups in total. The van der Waals surface area contributed by atoms with E-state index in [0.29, 0.717) is 36.6 Å². The number of carboxylic acid groups (broad SMARTS) is 3. The topological polar surface area (TPSA) is 273 Å². The Morgan fingerprint density at radius 1 is 0.617 bits per heavy atom. The molecule has 2 aliphatic heterocycles. The first-order valence-electron chi connectivity index (χ1n) is 19.8. The van der Waals surface area contributed by atoms with Crippen LogP contribution in [0.2, 0.25) is 0 Å². The van der Waals surface area contributed by atoms with Crippen molar-refractivity contribution in [2.24, 2.45) is 0 Å². The summed E-state index contributed by atoms with van der Waals surface area (Å²) in [4.78, 5) is 93.6. The van der Waals surface area contributed by atoms with Gasteiger partial charge in [0.2, 0.25) is 23.6 Å². The Kier molecular flexibility index (Phi) is 33.0. The van der Waals surface area contributed by atoms with Gasteiger partial charge in [-0.05, 0) is 65.2 Å². The minimum Gasteiger partial charge on any atom is -0.481 e. The summed E-state index contributed by atoms with van der Waals surface area (Å²) in [6.45, 7) is 3.76. The van der Waals surface area contributed by atoms with Crippen LogP contribution in [0.25, 0.3) is 0 Å². The molecule has 0 radical (unpaired) electrons. The standard InChI is InChI=1S/C21H36N2O8S2.C16H26N2O6S2.CH4/c1-15(21(27)28)22-20(26)17(7-8-19(25)31-13-12-30-11-10-29-2)23-18(24)6-4-3-5-16-9-14-32-33-16;1-10(16(23)24)17-15(22)12(6-7-14(20)21)18-13(19)5-3-2-4-11-8-9-25-26-11;/h15-17H,3-14H2,1-2H3,(H,22,26)(H,23,24)(H,27,28);10-12H,2-9H2,1H3,(H,17,22)(H,18,19)(H,20,21)(H,23,24);1H4/t15?,16-,17?;10?,11-,12?;/m11./s1. The van der Waals surface area contributed by atoms with Gasteiger partial charge < -0.3 is 50.8 Å². The molecule has 18 nitrogen and oxygen atoms in total. The third-order valence-corrected chi connectivity index (χ3v) is 14.8. The first-order chi connectivity index (χ1) is 28.1. The Bertz CT molecular complexity index is 1320. The highest BCUT2D eigenvalue weighted by atomic mass is 33.1. The molecular weight excluding hydrogens is 865 g/mol. The van der Waals surface area contributed by atoms with Crippen molar-refractivity contribution in [3.63, 3.8) is 0 Å². The smallest absolute Gasteiger partial charge is 0.325 e. The quantitative estimate of drug-likeness (QED) is 0.0304. The van der Waals surface area contributed by atoms with Crippen molar-refractivity contribution in [2.75, 3.05) is 45.0 Å². The first-order valence-corrected chi connectivity index (χ1v) is 24.5. The van der Waals surface area contributed by atoms with Crippen LogP contribution in [-0.2, 0) is 52.6 Å². The van der Waals surface area contributed by atoms with Gasteiger partial charge in [0.05, 0.1) is 19.8 Å². The molecule has 2 fully saturated rings. The highest BCUT2D eigenvalue weighted by Crippen LogP contribution is 2.40. The van der Waals surface area contributed by atoms with Crippen LogP contribution >= 0.6 is 43.2 Å². The van der Waals surface area contributed by atoms with Crippen molar-refractivity contribution >= 4 is 90.7 Å². The predicted octanol–water partition coefficient (Wildman–Crippen LogP) is 4.04. The van der Waals surface area contributed by atoms with E-state index < -0.39 is 59.9 Å². The molecule has 22 heteroatoms. The summed E-state index contributed by atoms with van der Waals surface area (Å²) in [6.07, 6.45) is 7.82. The van der Waals surface area contributed by atoms with Gasteiger partial charge in [0.25, 0.3) is 0 Å². The number of carbonyl (C=O) groups excluding carboxylic acids is 5. The van der Waals surface area contributed by atoms with Crippen molar-refractivity contribution in [3.8, 4) is 0 Å². The number of carboxylic acids is 3. The molecule has 0 saturated carbocycles. The van der Waals surface area contributed by atoms with E-state index in [9.17, 15) is 38.4 Å². The summed E-state index contributed by atoms with van der Waals surface area (Å²) >= 11 is 0. The molecule has 4 amide bonds. The van der Waals surface area contributed by atoms with E-state index in [4.69, 9.17) is 29.5 Å². The maximum atomic E-state index is 12.5. The summed E-state index contributed by atoms with van der Waals surface area (Å²) in [7, 11) is 9.11. The van der Waals surface area contributed by atoms with Crippen LogP contribution in [0.15, 0.2) is 0 Å². The van der Waals surface area contributed by atoms with Crippen LogP contribution < -0.4 is 21.3 Å². The summed E-state index contributed by atoms with van der Waals surface area (Å²) in [5.74, 6) is -3.63. The first kappa shape index (κ1) is 57.1. The number of methoxy groups -OCH3 is 1. The fourth-order valence-corrected chi connectivity index (χ4v) is 11.4. The Hall–Kier alpha value is -2.92. The van der Waals surface area contributed by atoms with Crippen LogP contribution in [0.4, 0.5) is 0 Å². The average molecular weight is 931 g/mol. The molecule has 4 unspecified atom stereocenters. The minimum atomic E-state index is -1.20. The fourth-order valence-electron chi connectivity index (χ4n) is 5.33. The number of rotatable bonds is 30. The Balaban J connectivity index is 0.00000117. The summed E-state index contributed by atoms with van der Waals surface area (Å²) in [6, 6.07) is -4.31. The third-order valence-electron chi connectivity index (χ3n) is 8.78. The van der Waals surface area contributed by atoms with Crippen LogP contribution in [0.3, 0.4) is 0 Å². The molecule has 0 aromatic rings. The lowest BCUT2D eigenvalue weighted by molar-refractivity contribution is -0.146. The number of amides is 4. The largest absolute Gasteiger partial charge is 0.481 e. The van der Waals surface area contributed by atoms with E-state index >= 15 is 0 Å². The maximum absolute atomic E-state index is 12.5. The van der Waals surface area contributed by atoms with E-state index in [2.05, 4.69) is 21.3 Å². The van der Waals surface area contributed by atoms with E-state index in [0.717, 1.165) is 25.7 Å². The zero-order valence-corrected chi connectivity index (χ0v) is 37.3. The van der Waals surface area contributed by atoms with Crippen molar-refractivity contribution < 1.29 is 67.9 Å². The molecule has 0 bridgehead atoms. The van der Waals surface area contributed by atoms with Crippen LogP contribution in [-0.4, -0.2) is 143 Å². The summed E-state index contributed by atoms with van der Waals surface area (Å²) in [5.41, 5.74) is 0. The Labute approximate surface area is 369 Å². The molecule has 6 atom stereocenters. The second-order valence-corrected chi connectivity index (χ2v) is 19.4. The number of unbranched alkanes of at least 4 members (excludes halogenated alkanes) is 2. The van der Waals surface area contributed by atoms with Gasteiger partial charge in [-0.2, -0.15) is 0 Å². The lowest BCUT2D eigenvalue weighted by Crippen LogP contribution is -2.50. The van der Waals surface area contributed by atoms with E-state index in [1.807, 2.05) is 43.2 Å². The highest BCUT2D eigenvalue weighted by Gasteiger charge is 2.27. The maximum Gasteiger partial charge on any atom is 0.325 e. The number of ether oxygens (including phenoxy) is 3. The monoisotopic (exact) mass is 930 g/mol. The SMILES string of the molecule is C.CC(NC(=O)C(CCC(=O)O)NC(=O)CCCC[C@@H]1CCSS1)C(=O)O.COCCOCCOC(=O)CCC(NC(=O)CCCC[C@@H]1CCSS1)C(=O)NC(C)C(=O)O. The molecule has 2 heterocycles. The lowest BCUT2D eigenvalue weighted by atomic mass is 10.1. The van der Waals surface area contributed by atoms with Crippen molar-refractivity contribution in [1.29, 1.82) is 0 Å². The minimum absolute atomic E-state index is 0. The third kappa shape index (κ3) is 28.6. The number of carbonyl (C=O) groups is 8. The normalized spacial score (nSPS) is 17.6. The van der Waals surface area contributed by atoms with Crippen molar-refractivity contribution in [2.45, 2.75) is 146 Å². The van der Waals surface area contributed by atoms with Gasteiger partial charge in [-0.3, -0.25) is 38.4 Å². The van der Waals surface area contributed by atoms with Crippen LogP contribution in [0.1, 0.15) is 111 Å². The molecule has 2 saturated heterocycles. The number of hydrogen-bond acceptors (Lipinski definition) is 15. The van der Waals surface area contributed by atoms with Gasteiger partial charge in [0, 0.05) is 54.8 Å². The van der Waals surface area contributed by atoms with E-state index in [1.165, 1.54) is 38.2 Å². The van der Waals surface area contributed by atoms with E-state index in [-0.39, 0.29) is 71.0 Å². The molecule has 0 spiro atoms. The van der Waals surface area contributed by atoms with Crippen molar-refractivity contribution in [3.05, 3.63) is 0 Å². The van der Waals surface area contributed by atoms with Gasteiger partial charge >= 0.3 is 23.9 Å². The molecule has 346 valence electrons. The average Bonchev–Trinajstić information content (AvgIpc) is 3.92. The molecule has 0 aromatic heterocycles. The van der Waals surface area contributed by atoms with Crippen molar-refractivity contribution in [1.82, 2.24) is 21.3 Å². The van der Waals surface area contributed by atoms with Crippen LogP contribution in [0.5, 0.6) is 0 Å². The second kappa shape index (κ2) is 34.6. The molecule has 0 aromatic carbocycles. The lowest BCUT2D eigenvalue weighted by Gasteiger charge is -2.20. The molecule has 2 aliphatic rings. The highest BCUT2D eigenvalue weighted by molar-refractivity contribution is 8.77. The molecule has 60 heavy (non-hydrogen) atoms. The molecular formula is C38H66N4O14S4. The zero-order chi connectivity index (χ0) is 44.0.